The van der Waals surface area contributed by atoms with E-state index in [1.54, 1.807) is 0 Å². The van der Waals surface area contributed by atoms with Gasteiger partial charge in [0.15, 0.2) is 16.6 Å². The largest absolute Gasteiger partial charge is 0.477 e. The number of oxime groups is 2. The highest BCUT2D eigenvalue weighted by Gasteiger charge is 2.54. The van der Waals surface area contributed by atoms with Crippen LogP contribution < -0.4 is 10.6 Å². The number of nitrogens with zero attached hydrogens (tertiary/aromatic N) is 8. The van der Waals surface area contributed by atoms with Crippen molar-refractivity contribution < 1.29 is 43.9 Å². The third kappa shape index (κ3) is 7.71. The van der Waals surface area contributed by atoms with Gasteiger partial charge >= 0.3 is 11.9 Å². The fourth-order valence-electron chi connectivity index (χ4n) is 4.52. The molecule has 2 aliphatic heterocycles. The smallest absolute Gasteiger partial charge is 0.355 e. The van der Waals surface area contributed by atoms with Crippen LogP contribution in [0.1, 0.15) is 18.5 Å². The minimum Gasteiger partial charge on any atom is -0.477 e. The molecule has 3 atom stereocenters. The summed E-state index contributed by atoms with van der Waals surface area (Å²) in [6, 6.07) is -1.07. The van der Waals surface area contributed by atoms with Gasteiger partial charge in [-0.15, -0.1) is 28.2 Å². The number of amides is 3. The molecule has 2 unspecified atom stereocenters. The Morgan fingerprint density at radius 2 is 2.10 bits per heavy atom. The van der Waals surface area contributed by atoms with Crippen LogP contribution >= 0.6 is 34.9 Å². The molecule has 2 aromatic rings. The second-order valence-corrected chi connectivity index (χ2v) is 12.7. The van der Waals surface area contributed by atoms with Crippen LogP contribution in [0.25, 0.3) is 0 Å². The molecule has 48 heavy (non-hydrogen) atoms. The van der Waals surface area contributed by atoms with Crippen LogP contribution in [0.4, 0.5) is 5.13 Å². The van der Waals surface area contributed by atoms with Gasteiger partial charge in [0.05, 0.1) is 6.54 Å². The van der Waals surface area contributed by atoms with Crippen LogP contribution in [0, 0.1) is 0 Å². The number of carboxylic acid groups (broad SMARTS) is 2. The topological polar surface area (TPSA) is 253 Å². The van der Waals surface area contributed by atoms with Gasteiger partial charge in [-0.25, -0.2) is 19.3 Å². The molecule has 1 fully saturated rings. The van der Waals surface area contributed by atoms with Crippen molar-refractivity contribution in [1.29, 1.82) is 0 Å². The minimum atomic E-state index is -1.35. The molecule has 0 saturated carbocycles. The van der Waals surface area contributed by atoms with Crippen molar-refractivity contribution >= 4 is 81.6 Å². The zero-order valence-corrected chi connectivity index (χ0v) is 27.1. The van der Waals surface area contributed by atoms with Crippen LogP contribution in [0.5, 0.6) is 0 Å². The van der Waals surface area contributed by atoms with Crippen LogP contribution in [-0.2, 0) is 40.2 Å². The highest BCUT2D eigenvalue weighted by molar-refractivity contribution is 8.01. The molecule has 3 aliphatic rings. The standard InChI is InChI=1S/C26H26N10O9S3/c1-2-7-44-31-15(23(40)41)8-35-26(30-33-34-35)48-10-13-9-46-22-18(21(39)36(22)19(13)24(42)43)29-20(38)17(32-45-14-5-3-4-6-14)16-11-47-25(28-16)27-12-37/h2-3,5,11-12,14,18,22H,1,4,6-10H2,(H,29,38)(H,40,41)(H,42,43)(H,27,28,37)/b31-15-,32-17-/t14?,18?,22-/m1/s1. The van der Waals surface area contributed by atoms with E-state index in [1.165, 1.54) is 27.9 Å². The fourth-order valence-corrected chi connectivity index (χ4v) is 7.53. The Hall–Kier alpha value is -5.09. The second kappa shape index (κ2) is 15.7. The number of hydrogen-bond acceptors (Lipinski definition) is 16. The number of hydrogen-bond donors (Lipinski definition) is 4. The van der Waals surface area contributed by atoms with E-state index in [1.807, 2.05) is 12.2 Å². The van der Waals surface area contributed by atoms with Crippen molar-refractivity contribution in [2.75, 3.05) is 23.4 Å². The zero-order valence-electron chi connectivity index (χ0n) is 24.6. The number of β-lactam (4-membered cyclic amide) rings is 1. The normalized spacial score (nSPS) is 20.5. The number of thioether (sulfide) groups is 2. The Labute approximate surface area is 283 Å². The molecule has 0 bridgehead atoms. The quantitative estimate of drug-likeness (QED) is 0.0327. The van der Waals surface area contributed by atoms with Crippen LogP contribution in [0.15, 0.2) is 56.9 Å². The SMILES string of the molecule is C=CCO/N=C(/Cn1nnnc1SCC1=C(C(=O)O)N2C(=O)C(NC(=O)/C(=N\OC3C=CCC3)c3csc(NC=O)n3)[C@H]2SC1)C(=O)O. The number of carbonyl (C=O) groups is 5. The maximum atomic E-state index is 13.4. The zero-order chi connectivity index (χ0) is 34.2. The van der Waals surface area contributed by atoms with Crippen molar-refractivity contribution in [3.05, 3.63) is 47.2 Å². The summed E-state index contributed by atoms with van der Waals surface area (Å²) < 4.78 is 1.17. The molecule has 252 valence electrons. The van der Waals surface area contributed by atoms with Crippen molar-refractivity contribution in [2.45, 2.75) is 42.1 Å². The van der Waals surface area contributed by atoms with Gasteiger partial charge in [-0.2, -0.15) is 0 Å². The number of thiazole rings is 1. The third-order valence-corrected chi connectivity index (χ3v) is 9.87. The second-order valence-electron chi connectivity index (χ2n) is 9.84. The molecule has 0 radical (unpaired) electrons. The van der Waals surface area contributed by atoms with E-state index in [0.717, 1.165) is 34.4 Å². The van der Waals surface area contributed by atoms with Crippen LogP contribution in [0.2, 0.25) is 0 Å². The third-order valence-electron chi connectivity index (χ3n) is 6.72. The Kier molecular flexibility index (Phi) is 11.2. The van der Waals surface area contributed by atoms with Crippen LogP contribution in [-0.4, -0.2) is 118 Å². The summed E-state index contributed by atoms with van der Waals surface area (Å²) in [5, 5.41) is 44.5. The summed E-state index contributed by atoms with van der Waals surface area (Å²) >= 11 is 3.35. The van der Waals surface area contributed by atoms with Gasteiger partial charge in [0.2, 0.25) is 11.6 Å². The summed E-state index contributed by atoms with van der Waals surface area (Å²) in [5.74, 6) is -3.86. The van der Waals surface area contributed by atoms with Gasteiger partial charge in [0, 0.05) is 16.9 Å². The van der Waals surface area contributed by atoms with Gasteiger partial charge in [-0.3, -0.25) is 19.3 Å². The summed E-state index contributed by atoms with van der Waals surface area (Å²) in [4.78, 5) is 77.2. The van der Waals surface area contributed by atoms with E-state index in [2.05, 4.69) is 48.0 Å². The number of tetrazole rings is 1. The average molecular weight is 719 g/mol. The first-order valence-electron chi connectivity index (χ1n) is 13.9. The Morgan fingerprint density at radius 3 is 2.81 bits per heavy atom. The molecule has 0 spiro atoms. The summed E-state index contributed by atoms with van der Waals surface area (Å²) in [5.41, 5.74) is -0.330. The molecule has 5 rings (SSSR count). The first-order chi connectivity index (χ1) is 23.2. The fraction of sp³-hybridized carbons (Fsp3) is 0.346. The van der Waals surface area contributed by atoms with E-state index in [9.17, 15) is 34.2 Å². The summed E-state index contributed by atoms with van der Waals surface area (Å²) in [6.45, 7) is 3.12. The number of aromatic nitrogens is 5. The predicted molar refractivity (Wildman–Crippen MR) is 171 cm³/mol. The van der Waals surface area contributed by atoms with Gasteiger partial charge < -0.3 is 30.5 Å². The molecule has 3 amide bonds. The Balaban J connectivity index is 1.28. The summed E-state index contributed by atoms with van der Waals surface area (Å²) in [6.07, 6.45) is 6.68. The van der Waals surface area contributed by atoms with Gasteiger partial charge in [-0.1, -0.05) is 40.8 Å². The molecule has 22 heteroatoms. The molecule has 0 aromatic carbocycles. The lowest BCUT2D eigenvalue weighted by Crippen LogP contribution is -2.71. The number of rotatable bonds is 17. The van der Waals surface area contributed by atoms with Crippen molar-refractivity contribution in [1.82, 2.24) is 35.4 Å². The van der Waals surface area contributed by atoms with Gasteiger partial charge in [0.25, 0.3) is 11.8 Å². The first-order valence-corrected chi connectivity index (χ1v) is 16.8. The Morgan fingerprint density at radius 1 is 1.27 bits per heavy atom. The average Bonchev–Trinajstić information content (AvgIpc) is 3.85. The molecular formula is C26H26N10O9S3. The molecule has 1 saturated heterocycles. The molecule has 1 aliphatic carbocycles. The monoisotopic (exact) mass is 718 g/mol. The minimum absolute atomic E-state index is 0.00718. The summed E-state index contributed by atoms with van der Waals surface area (Å²) in [7, 11) is 0. The lowest BCUT2D eigenvalue weighted by molar-refractivity contribution is -0.150. The van der Waals surface area contributed by atoms with Gasteiger partial charge in [0.1, 0.15) is 35.5 Å². The van der Waals surface area contributed by atoms with Gasteiger partial charge in [-0.05, 0) is 34.9 Å². The van der Waals surface area contributed by atoms with Crippen molar-refractivity contribution in [3.63, 3.8) is 0 Å². The molecule has 4 heterocycles. The number of nitrogens with one attached hydrogen (secondary N) is 2. The van der Waals surface area contributed by atoms with E-state index < -0.39 is 35.2 Å². The van der Waals surface area contributed by atoms with E-state index in [4.69, 9.17) is 9.68 Å². The molecule has 4 N–H and O–H groups in total. The molecule has 19 nitrogen and oxygen atoms in total. The highest BCUT2D eigenvalue weighted by Crippen LogP contribution is 2.41. The van der Waals surface area contributed by atoms with Crippen LogP contribution in [0.3, 0.4) is 0 Å². The van der Waals surface area contributed by atoms with Crippen molar-refractivity contribution in [2.24, 2.45) is 10.3 Å². The predicted octanol–water partition coefficient (Wildman–Crippen LogP) is 0.311. The number of aliphatic carboxylic acids is 2. The molecule has 2 aromatic heterocycles. The van der Waals surface area contributed by atoms with E-state index in [0.29, 0.717) is 18.4 Å². The number of carboxylic acids is 2. The first kappa shape index (κ1) is 34.3. The number of anilines is 1. The molecular weight excluding hydrogens is 693 g/mol. The highest BCUT2D eigenvalue weighted by atomic mass is 32.2. The maximum Gasteiger partial charge on any atom is 0.355 e. The number of allylic oxidation sites excluding steroid dienone is 1. The number of fused-ring (bicyclic) bond motifs is 1. The Bertz CT molecular complexity index is 1740. The number of carbonyl (C=O) groups excluding carboxylic acids is 3. The van der Waals surface area contributed by atoms with E-state index in [-0.39, 0.29) is 63.9 Å². The lowest BCUT2D eigenvalue weighted by Gasteiger charge is -2.49. The lowest BCUT2D eigenvalue weighted by atomic mass is 10.0. The van der Waals surface area contributed by atoms with E-state index >= 15 is 0 Å². The maximum absolute atomic E-state index is 13.4. The van der Waals surface area contributed by atoms with Crippen molar-refractivity contribution in [3.8, 4) is 0 Å².